The molecular weight excluding hydrogens is 230 g/mol. The molecule has 0 unspecified atom stereocenters. The van der Waals surface area contributed by atoms with Gasteiger partial charge in [0.05, 0.1) is 6.54 Å². The molecule has 88 valence electrons. The summed E-state index contributed by atoms with van der Waals surface area (Å²) in [6.07, 6.45) is 2.69. The number of amides is 2. The number of carbonyl (C=O) groups is 2. The van der Waals surface area contributed by atoms with E-state index in [9.17, 15) is 9.59 Å². The molecule has 0 saturated heterocycles. The number of hydrogen-bond acceptors (Lipinski definition) is 4. The number of thiazole rings is 1. The van der Waals surface area contributed by atoms with Gasteiger partial charge in [-0.25, -0.2) is 9.78 Å². The predicted molar refractivity (Wildman–Crippen MR) is 59.4 cm³/mol. The lowest BCUT2D eigenvalue weighted by molar-refractivity contribution is -0.135. The van der Waals surface area contributed by atoms with Gasteiger partial charge in [-0.3, -0.25) is 4.79 Å². The van der Waals surface area contributed by atoms with Gasteiger partial charge in [0.1, 0.15) is 11.6 Å². The molecule has 3 N–H and O–H groups in total. The number of aromatic nitrogens is 1. The monoisotopic (exact) mass is 243 g/mol. The van der Waals surface area contributed by atoms with Gasteiger partial charge in [0.25, 0.3) is 0 Å². The zero-order valence-corrected chi connectivity index (χ0v) is 9.63. The SMILES string of the molecule is CCc1cnc(CNC(=O)NCC(=O)O)s1. The number of aliphatic carboxylic acids is 1. The Morgan fingerprint density at radius 3 is 2.81 bits per heavy atom. The van der Waals surface area contributed by atoms with Crippen LogP contribution < -0.4 is 10.6 Å². The van der Waals surface area contributed by atoms with Crippen LogP contribution >= 0.6 is 11.3 Å². The number of urea groups is 1. The first-order valence-corrected chi connectivity index (χ1v) is 5.60. The van der Waals surface area contributed by atoms with Crippen molar-refractivity contribution in [2.75, 3.05) is 6.54 Å². The number of carboxylic acid groups (broad SMARTS) is 1. The standard InChI is InChI=1S/C9H13N3O3S/c1-2-6-3-10-7(16-6)4-11-9(15)12-5-8(13)14/h3H,2,4-5H2,1H3,(H,13,14)(H2,11,12,15). The summed E-state index contributed by atoms with van der Waals surface area (Å²) in [4.78, 5) is 26.5. The van der Waals surface area contributed by atoms with Gasteiger partial charge in [-0.2, -0.15) is 0 Å². The number of nitrogens with zero attached hydrogens (tertiary/aromatic N) is 1. The molecule has 0 bridgehead atoms. The smallest absolute Gasteiger partial charge is 0.323 e. The van der Waals surface area contributed by atoms with E-state index >= 15 is 0 Å². The average molecular weight is 243 g/mol. The Morgan fingerprint density at radius 1 is 1.50 bits per heavy atom. The summed E-state index contributed by atoms with van der Waals surface area (Å²) in [5, 5.41) is 13.9. The molecule has 7 heteroatoms. The first-order valence-electron chi connectivity index (χ1n) is 4.79. The molecule has 6 nitrogen and oxygen atoms in total. The molecule has 0 atom stereocenters. The molecule has 1 heterocycles. The molecular formula is C9H13N3O3S. The molecule has 0 fully saturated rings. The number of aryl methyl sites for hydroxylation is 1. The second kappa shape index (κ2) is 6.06. The average Bonchev–Trinajstić information content (AvgIpc) is 2.71. The second-order valence-electron chi connectivity index (χ2n) is 3.00. The lowest BCUT2D eigenvalue weighted by atomic mass is 10.4. The van der Waals surface area contributed by atoms with Crippen molar-refractivity contribution in [2.24, 2.45) is 0 Å². The lowest BCUT2D eigenvalue weighted by Crippen LogP contribution is -2.37. The number of nitrogens with one attached hydrogen (secondary N) is 2. The Morgan fingerprint density at radius 2 is 2.25 bits per heavy atom. The minimum absolute atomic E-state index is 0.316. The van der Waals surface area contributed by atoms with Gasteiger partial charge in [-0.15, -0.1) is 11.3 Å². The molecule has 0 aromatic carbocycles. The molecule has 1 aromatic rings. The molecule has 0 spiro atoms. The minimum atomic E-state index is -1.07. The van der Waals surface area contributed by atoms with Gasteiger partial charge >= 0.3 is 12.0 Å². The number of carboxylic acids is 1. The van der Waals surface area contributed by atoms with Crippen molar-refractivity contribution in [1.29, 1.82) is 0 Å². The summed E-state index contributed by atoms with van der Waals surface area (Å²) in [7, 11) is 0. The molecule has 0 saturated carbocycles. The van der Waals surface area contributed by atoms with E-state index < -0.39 is 12.0 Å². The Kier molecular flexibility index (Phi) is 4.71. The molecule has 2 amide bonds. The van der Waals surface area contributed by atoms with Crippen LogP contribution in [0, 0.1) is 0 Å². The summed E-state index contributed by atoms with van der Waals surface area (Å²) < 4.78 is 0. The molecule has 0 aliphatic rings. The summed E-state index contributed by atoms with van der Waals surface area (Å²) in [5.74, 6) is -1.07. The van der Waals surface area contributed by atoms with Crippen molar-refractivity contribution in [3.8, 4) is 0 Å². The minimum Gasteiger partial charge on any atom is -0.480 e. The third-order valence-electron chi connectivity index (χ3n) is 1.75. The summed E-state index contributed by atoms with van der Waals surface area (Å²) in [6, 6.07) is -0.504. The predicted octanol–water partition coefficient (Wildman–Crippen LogP) is 0.589. The van der Waals surface area contributed by atoms with Crippen molar-refractivity contribution in [1.82, 2.24) is 15.6 Å². The van der Waals surface area contributed by atoms with Crippen LogP contribution in [0.2, 0.25) is 0 Å². The quantitative estimate of drug-likeness (QED) is 0.705. The van der Waals surface area contributed by atoms with E-state index in [1.54, 1.807) is 6.20 Å². The van der Waals surface area contributed by atoms with Crippen LogP contribution in [0.25, 0.3) is 0 Å². The van der Waals surface area contributed by atoms with E-state index in [1.807, 2.05) is 6.92 Å². The van der Waals surface area contributed by atoms with Crippen LogP contribution in [0.5, 0.6) is 0 Å². The number of rotatable bonds is 5. The highest BCUT2D eigenvalue weighted by Gasteiger charge is 2.05. The fourth-order valence-electron chi connectivity index (χ4n) is 0.967. The Bertz CT molecular complexity index is 378. The molecule has 0 aliphatic carbocycles. The number of carbonyl (C=O) groups excluding carboxylic acids is 1. The second-order valence-corrected chi connectivity index (χ2v) is 4.20. The fourth-order valence-corrected chi connectivity index (χ4v) is 1.77. The van der Waals surface area contributed by atoms with Crippen molar-refractivity contribution in [3.63, 3.8) is 0 Å². The first-order chi connectivity index (χ1) is 7.61. The zero-order chi connectivity index (χ0) is 12.0. The third kappa shape index (κ3) is 4.26. The van der Waals surface area contributed by atoms with Gasteiger partial charge in [0.2, 0.25) is 0 Å². The summed E-state index contributed by atoms with van der Waals surface area (Å²) in [6.45, 7) is 1.96. The van der Waals surface area contributed by atoms with Crippen LogP contribution in [0.4, 0.5) is 4.79 Å². The van der Waals surface area contributed by atoms with Crippen LogP contribution in [0.3, 0.4) is 0 Å². The van der Waals surface area contributed by atoms with Crippen molar-refractivity contribution in [3.05, 3.63) is 16.1 Å². The van der Waals surface area contributed by atoms with Crippen LogP contribution in [-0.4, -0.2) is 28.6 Å². The molecule has 1 rings (SSSR count). The van der Waals surface area contributed by atoms with Gasteiger partial charge in [-0.05, 0) is 6.42 Å². The number of hydrogen-bond donors (Lipinski definition) is 3. The van der Waals surface area contributed by atoms with Crippen molar-refractivity contribution < 1.29 is 14.7 Å². The van der Waals surface area contributed by atoms with Crippen LogP contribution in [-0.2, 0) is 17.8 Å². The zero-order valence-electron chi connectivity index (χ0n) is 8.82. The highest BCUT2D eigenvalue weighted by atomic mass is 32.1. The normalized spacial score (nSPS) is 9.81. The van der Waals surface area contributed by atoms with Gasteiger partial charge < -0.3 is 15.7 Å². The highest BCUT2D eigenvalue weighted by molar-refractivity contribution is 7.11. The van der Waals surface area contributed by atoms with E-state index in [1.165, 1.54) is 11.3 Å². The highest BCUT2D eigenvalue weighted by Crippen LogP contribution is 2.12. The van der Waals surface area contributed by atoms with Crippen molar-refractivity contribution in [2.45, 2.75) is 19.9 Å². The van der Waals surface area contributed by atoms with E-state index in [-0.39, 0.29) is 6.54 Å². The van der Waals surface area contributed by atoms with E-state index in [0.29, 0.717) is 6.54 Å². The van der Waals surface area contributed by atoms with Crippen LogP contribution in [0.1, 0.15) is 16.8 Å². The van der Waals surface area contributed by atoms with E-state index in [0.717, 1.165) is 16.3 Å². The van der Waals surface area contributed by atoms with E-state index in [4.69, 9.17) is 5.11 Å². The fraction of sp³-hybridized carbons (Fsp3) is 0.444. The maximum Gasteiger partial charge on any atom is 0.323 e. The maximum atomic E-state index is 11.1. The summed E-state index contributed by atoms with van der Waals surface area (Å²) in [5.41, 5.74) is 0. The Balaban J connectivity index is 2.28. The molecule has 0 radical (unpaired) electrons. The van der Waals surface area contributed by atoms with Gasteiger partial charge in [0, 0.05) is 11.1 Å². The van der Waals surface area contributed by atoms with Crippen molar-refractivity contribution >= 4 is 23.3 Å². The first kappa shape index (κ1) is 12.4. The topological polar surface area (TPSA) is 91.3 Å². The molecule has 16 heavy (non-hydrogen) atoms. The lowest BCUT2D eigenvalue weighted by Gasteiger charge is -2.03. The third-order valence-corrected chi connectivity index (χ3v) is 2.89. The van der Waals surface area contributed by atoms with Gasteiger partial charge in [0.15, 0.2) is 0 Å². The maximum absolute atomic E-state index is 11.1. The van der Waals surface area contributed by atoms with Crippen LogP contribution in [0.15, 0.2) is 6.20 Å². The molecule has 1 aromatic heterocycles. The summed E-state index contributed by atoms with van der Waals surface area (Å²) >= 11 is 1.53. The molecule has 0 aliphatic heterocycles. The Labute approximate surface area is 96.7 Å². The largest absolute Gasteiger partial charge is 0.480 e. The van der Waals surface area contributed by atoms with Gasteiger partial charge in [-0.1, -0.05) is 6.92 Å². The Hall–Kier alpha value is -1.63. The van der Waals surface area contributed by atoms with E-state index in [2.05, 4.69) is 15.6 Å².